The van der Waals surface area contributed by atoms with E-state index in [1.54, 1.807) is 12.1 Å². The SMILES string of the molecule is CCCCOCCCNC(=NCc1ccc(OC)c(OC(F)F)c1)NCC.I. The van der Waals surface area contributed by atoms with E-state index in [9.17, 15) is 8.78 Å². The number of nitrogens with one attached hydrogen (secondary N) is 2. The molecule has 0 radical (unpaired) electrons. The van der Waals surface area contributed by atoms with Crippen LogP contribution in [0.2, 0.25) is 0 Å². The second-order valence-corrected chi connectivity index (χ2v) is 5.81. The number of aliphatic imine (C=N–C) groups is 1. The van der Waals surface area contributed by atoms with Gasteiger partial charge in [-0.25, -0.2) is 4.99 Å². The Hall–Kier alpha value is -1.36. The lowest BCUT2D eigenvalue weighted by Gasteiger charge is -2.13. The van der Waals surface area contributed by atoms with E-state index in [0.717, 1.165) is 44.5 Å². The van der Waals surface area contributed by atoms with Gasteiger partial charge < -0.3 is 24.8 Å². The van der Waals surface area contributed by atoms with E-state index in [1.807, 2.05) is 6.92 Å². The van der Waals surface area contributed by atoms with Crippen LogP contribution < -0.4 is 20.1 Å². The fraction of sp³-hybridized carbons (Fsp3) is 0.632. The third-order valence-electron chi connectivity index (χ3n) is 3.61. The zero-order valence-electron chi connectivity index (χ0n) is 16.8. The van der Waals surface area contributed by atoms with E-state index in [0.29, 0.717) is 19.1 Å². The first-order valence-electron chi connectivity index (χ1n) is 9.32. The minimum atomic E-state index is -2.91. The molecule has 0 aromatic heterocycles. The van der Waals surface area contributed by atoms with Crippen molar-refractivity contribution in [2.45, 2.75) is 46.3 Å². The van der Waals surface area contributed by atoms with Crippen molar-refractivity contribution >= 4 is 29.9 Å². The maximum Gasteiger partial charge on any atom is 0.387 e. The molecule has 1 aromatic carbocycles. The lowest BCUT2D eigenvalue weighted by molar-refractivity contribution is -0.0512. The fourth-order valence-electron chi connectivity index (χ4n) is 2.25. The molecule has 0 atom stereocenters. The highest BCUT2D eigenvalue weighted by Gasteiger charge is 2.11. The third-order valence-corrected chi connectivity index (χ3v) is 3.61. The van der Waals surface area contributed by atoms with Gasteiger partial charge in [-0.15, -0.1) is 24.0 Å². The Morgan fingerprint density at radius 2 is 1.86 bits per heavy atom. The number of methoxy groups -OCH3 is 1. The molecular weight excluding hydrogens is 483 g/mol. The molecule has 6 nitrogen and oxygen atoms in total. The van der Waals surface area contributed by atoms with Gasteiger partial charge in [-0.2, -0.15) is 8.78 Å². The molecule has 0 aliphatic rings. The van der Waals surface area contributed by atoms with E-state index in [-0.39, 0.29) is 35.5 Å². The molecule has 0 fully saturated rings. The standard InChI is InChI=1S/C19H31F2N3O3.HI/c1-4-6-11-26-12-7-10-23-19(22-5-2)24-14-15-8-9-16(25-3)17(13-15)27-18(20)21;/h8-9,13,18H,4-7,10-12,14H2,1-3H3,(H2,22,23,24);1H. The lowest BCUT2D eigenvalue weighted by atomic mass is 10.2. The summed E-state index contributed by atoms with van der Waals surface area (Å²) in [6.45, 7) is 4.50. The summed E-state index contributed by atoms with van der Waals surface area (Å²) in [4.78, 5) is 4.48. The van der Waals surface area contributed by atoms with Gasteiger partial charge >= 0.3 is 6.61 Å². The summed E-state index contributed by atoms with van der Waals surface area (Å²) >= 11 is 0. The zero-order chi connectivity index (χ0) is 19.9. The van der Waals surface area contributed by atoms with Crippen LogP contribution in [0.1, 0.15) is 38.7 Å². The first-order chi connectivity index (χ1) is 13.1. The van der Waals surface area contributed by atoms with Gasteiger partial charge in [-0.05, 0) is 37.5 Å². The van der Waals surface area contributed by atoms with Crippen molar-refractivity contribution in [2.75, 3.05) is 33.4 Å². The number of halogens is 3. The van der Waals surface area contributed by atoms with E-state index in [1.165, 1.54) is 13.2 Å². The fourth-order valence-corrected chi connectivity index (χ4v) is 2.25. The van der Waals surface area contributed by atoms with Crippen molar-refractivity contribution in [1.29, 1.82) is 0 Å². The van der Waals surface area contributed by atoms with Crippen molar-refractivity contribution in [3.8, 4) is 11.5 Å². The molecule has 0 bridgehead atoms. The highest BCUT2D eigenvalue weighted by Crippen LogP contribution is 2.29. The molecule has 1 aromatic rings. The number of hydrogen-bond acceptors (Lipinski definition) is 4. The number of guanidine groups is 1. The number of nitrogens with zero attached hydrogens (tertiary/aromatic N) is 1. The molecule has 2 N–H and O–H groups in total. The molecule has 0 unspecified atom stereocenters. The molecule has 0 aliphatic heterocycles. The summed E-state index contributed by atoms with van der Waals surface area (Å²) in [7, 11) is 1.41. The normalized spacial score (nSPS) is 11.1. The number of alkyl halides is 2. The van der Waals surface area contributed by atoms with Crippen LogP contribution in [0.4, 0.5) is 8.78 Å². The molecule has 0 aliphatic carbocycles. The van der Waals surface area contributed by atoms with E-state index in [2.05, 4.69) is 27.3 Å². The third kappa shape index (κ3) is 11.5. The van der Waals surface area contributed by atoms with Gasteiger partial charge in [0.2, 0.25) is 0 Å². The minimum absolute atomic E-state index is 0. The summed E-state index contributed by atoms with van der Waals surface area (Å²) in [6, 6.07) is 4.88. The molecular formula is C19H32F2IN3O3. The van der Waals surface area contributed by atoms with Gasteiger partial charge in [-0.3, -0.25) is 0 Å². The second kappa shape index (κ2) is 16.6. The van der Waals surface area contributed by atoms with Gasteiger partial charge in [0.05, 0.1) is 13.7 Å². The minimum Gasteiger partial charge on any atom is -0.493 e. The van der Waals surface area contributed by atoms with Crippen LogP contribution in [0, 0.1) is 0 Å². The van der Waals surface area contributed by atoms with Crippen molar-refractivity contribution in [2.24, 2.45) is 4.99 Å². The van der Waals surface area contributed by atoms with E-state index < -0.39 is 6.61 Å². The van der Waals surface area contributed by atoms with Gasteiger partial charge in [0.25, 0.3) is 0 Å². The van der Waals surface area contributed by atoms with Crippen molar-refractivity contribution < 1.29 is 23.0 Å². The summed E-state index contributed by atoms with van der Waals surface area (Å²) < 4.78 is 40.1. The van der Waals surface area contributed by atoms with E-state index >= 15 is 0 Å². The lowest BCUT2D eigenvalue weighted by Crippen LogP contribution is -2.38. The molecule has 0 saturated carbocycles. The summed E-state index contributed by atoms with van der Waals surface area (Å²) in [5.41, 5.74) is 0.742. The highest BCUT2D eigenvalue weighted by molar-refractivity contribution is 14.0. The molecule has 0 amide bonds. The average molecular weight is 515 g/mol. The van der Waals surface area contributed by atoms with Crippen LogP contribution in [-0.2, 0) is 11.3 Å². The zero-order valence-corrected chi connectivity index (χ0v) is 19.1. The maximum atomic E-state index is 12.5. The Morgan fingerprint density at radius 3 is 2.50 bits per heavy atom. The van der Waals surface area contributed by atoms with Crippen molar-refractivity contribution in [3.63, 3.8) is 0 Å². The van der Waals surface area contributed by atoms with Crippen LogP contribution >= 0.6 is 24.0 Å². The Labute approximate surface area is 183 Å². The van der Waals surface area contributed by atoms with Crippen LogP contribution in [0.25, 0.3) is 0 Å². The van der Waals surface area contributed by atoms with Crippen molar-refractivity contribution in [1.82, 2.24) is 10.6 Å². The summed E-state index contributed by atoms with van der Waals surface area (Å²) in [5.74, 6) is 0.928. The second-order valence-electron chi connectivity index (χ2n) is 5.81. The smallest absolute Gasteiger partial charge is 0.387 e. The van der Waals surface area contributed by atoms with Gasteiger partial charge in [0, 0.05) is 26.3 Å². The largest absolute Gasteiger partial charge is 0.493 e. The molecule has 0 spiro atoms. The molecule has 162 valence electrons. The molecule has 9 heteroatoms. The Balaban J connectivity index is 0.00000729. The van der Waals surface area contributed by atoms with Crippen LogP contribution in [-0.4, -0.2) is 46.0 Å². The summed E-state index contributed by atoms with van der Waals surface area (Å²) in [5, 5.41) is 6.39. The number of hydrogen-bond donors (Lipinski definition) is 2. The Kier molecular flexibility index (Phi) is 15.8. The first kappa shape index (κ1) is 26.6. The van der Waals surface area contributed by atoms with Gasteiger partial charge in [0.1, 0.15) is 0 Å². The maximum absolute atomic E-state index is 12.5. The van der Waals surface area contributed by atoms with Gasteiger partial charge in [0.15, 0.2) is 17.5 Å². The molecule has 0 heterocycles. The summed E-state index contributed by atoms with van der Waals surface area (Å²) in [6.07, 6.45) is 3.09. The van der Waals surface area contributed by atoms with Crippen molar-refractivity contribution in [3.05, 3.63) is 23.8 Å². The van der Waals surface area contributed by atoms with Crippen LogP contribution in [0.5, 0.6) is 11.5 Å². The average Bonchev–Trinajstić information content (AvgIpc) is 2.65. The Bertz CT molecular complexity index is 563. The van der Waals surface area contributed by atoms with Gasteiger partial charge in [-0.1, -0.05) is 19.4 Å². The number of ether oxygens (including phenoxy) is 3. The molecule has 1 rings (SSSR count). The Morgan fingerprint density at radius 1 is 1.11 bits per heavy atom. The quantitative estimate of drug-likeness (QED) is 0.179. The highest BCUT2D eigenvalue weighted by atomic mass is 127. The predicted molar refractivity (Wildman–Crippen MR) is 118 cm³/mol. The predicted octanol–water partition coefficient (Wildman–Crippen LogP) is 4.18. The van der Waals surface area contributed by atoms with Crippen LogP contribution in [0.15, 0.2) is 23.2 Å². The molecule has 0 saturated heterocycles. The number of benzene rings is 1. The number of unbranched alkanes of at least 4 members (excludes halogenated alkanes) is 1. The van der Waals surface area contributed by atoms with E-state index in [4.69, 9.17) is 9.47 Å². The first-order valence-corrected chi connectivity index (χ1v) is 9.32. The van der Waals surface area contributed by atoms with Crippen LogP contribution in [0.3, 0.4) is 0 Å². The number of rotatable bonds is 13. The molecule has 28 heavy (non-hydrogen) atoms. The monoisotopic (exact) mass is 515 g/mol. The topological polar surface area (TPSA) is 64.1 Å².